The van der Waals surface area contributed by atoms with Crippen LogP contribution in [0.3, 0.4) is 0 Å². The number of alkyl halides is 1. The quantitative estimate of drug-likeness (QED) is 0.441. The summed E-state index contributed by atoms with van der Waals surface area (Å²) in [5.74, 6) is 0.265. The van der Waals surface area contributed by atoms with Crippen molar-refractivity contribution < 1.29 is 23.5 Å². The number of nitrogens with zero attached hydrogens (tertiary/aromatic N) is 2. The minimum Gasteiger partial charge on any atom is -0.434 e. The summed E-state index contributed by atoms with van der Waals surface area (Å²) in [6.45, 7) is 0.0843. The van der Waals surface area contributed by atoms with Crippen molar-refractivity contribution >= 4 is 34.4 Å². The number of carbonyl (C=O) groups is 3. The molecule has 1 spiro atoms. The zero-order valence-corrected chi connectivity index (χ0v) is 24.4. The van der Waals surface area contributed by atoms with E-state index in [2.05, 4.69) is 5.32 Å². The molecule has 3 aliphatic carbocycles. The van der Waals surface area contributed by atoms with Gasteiger partial charge in [0.2, 0.25) is 11.8 Å². The van der Waals surface area contributed by atoms with Gasteiger partial charge in [0.05, 0.1) is 5.52 Å². The number of nitrogens with two attached hydrogens (primary N) is 1. The van der Waals surface area contributed by atoms with E-state index in [9.17, 15) is 18.8 Å². The number of rotatable bonds is 6. The molecule has 0 radical (unpaired) electrons. The molecule has 42 heavy (non-hydrogen) atoms. The largest absolute Gasteiger partial charge is 0.434 e. The van der Waals surface area contributed by atoms with Crippen molar-refractivity contribution in [3.8, 4) is 0 Å². The van der Waals surface area contributed by atoms with Crippen LogP contribution in [0.1, 0.15) is 94.0 Å². The van der Waals surface area contributed by atoms with Gasteiger partial charge in [-0.15, -0.1) is 0 Å². The normalized spacial score (nSPS) is 29.8. The molecule has 7 rings (SSSR count). The molecule has 2 aromatic rings. The van der Waals surface area contributed by atoms with Crippen LogP contribution < -0.4 is 11.1 Å². The van der Waals surface area contributed by atoms with Crippen molar-refractivity contribution in [2.24, 2.45) is 29.4 Å². The lowest BCUT2D eigenvalue weighted by Crippen LogP contribution is -2.50. The summed E-state index contributed by atoms with van der Waals surface area (Å²) in [6, 6.07) is 6.72. The van der Waals surface area contributed by atoms with Crippen LogP contribution in [0.15, 0.2) is 24.3 Å². The molecule has 0 bridgehead atoms. The minimum atomic E-state index is -0.549. The Kier molecular flexibility index (Phi) is 7.27. The molecule has 1 aromatic carbocycles. The summed E-state index contributed by atoms with van der Waals surface area (Å²) in [5, 5.41) is 4.07. The monoisotopic (exact) mass is 578 g/mol. The highest BCUT2D eigenvalue weighted by atomic mass is 19.1. The second kappa shape index (κ2) is 11.0. The highest BCUT2D eigenvalue weighted by molar-refractivity contribution is 6.02. The summed E-state index contributed by atoms with van der Waals surface area (Å²) in [4.78, 5) is 42.5. The Morgan fingerprint density at radius 3 is 2.48 bits per heavy atom. The van der Waals surface area contributed by atoms with Crippen molar-refractivity contribution in [1.82, 2.24) is 9.47 Å². The predicted octanol–water partition coefficient (Wildman–Crippen LogP) is 5.49. The van der Waals surface area contributed by atoms with Crippen molar-refractivity contribution in [3.05, 3.63) is 30.0 Å². The van der Waals surface area contributed by atoms with E-state index >= 15 is 0 Å². The Hall–Kier alpha value is -2.94. The molecule has 2 amide bonds. The van der Waals surface area contributed by atoms with E-state index in [4.69, 9.17) is 10.5 Å². The summed E-state index contributed by atoms with van der Waals surface area (Å²) in [7, 11) is 0. The van der Waals surface area contributed by atoms with E-state index < -0.39 is 24.5 Å². The second-order valence-corrected chi connectivity index (χ2v) is 13.6. The third kappa shape index (κ3) is 4.63. The average molecular weight is 579 g/mol. The van der Waals surface area contributed by atoms with Crippen molar-refractivity contribution in [2.75, 3.05) is 18.5 Å². The lowest BCUT2D eigenvalue weighted by atomic mass is 9.76. The van der Waals surface area contributed by atoms with Crippen molar-refractivity contribution in [1.29, 1.82) is 0 Å². The Bertz CT molecular complexity index is 1370. The molecule has 4 fully saturated rings. The van der Waals surface area contributed by atoms with Gasteiger partial charge in [0.15, 0.2) is 5.72 Å². The van der Waals surface area contributed by atoms with E-state index in [1.807, 2.05) is 33.7 Å². The topological polar surface area (TPSA) is 107 Å². The number of hydrogen-bond donors (Lipinski definition) is 2. The maximum Gasteiger partial charge on any atom is 0.357 e. The number of fused-ring (bicyclic) bond motifs is 4. The minimum absolute atomic E-state index is 0.0735. The SMILES string of the molecule is N[C@H](CF)[C@H]1CC[C@H](C(=O)N2CC[C@@H](C3CCCCC3)[C@H]2C(=O)Nc2ccc3c(c2)cc2n3C3(CCC3)OC2=O)CC1. The molecular weight excluding hydrogens is 535 g/mol. The first-order chi connectivity index (χ1) is 20.4. The Labute approximate surface area is 246 Å². The Morgan fingerprint density at radius 2 is 1.79 bits per heavy atom. The lowest BCUT2D eigenvalue weighted by molar-refractivity contribution is -0.142. The fourth-order valence-electron chi connectivity index (χ4n) is 8.78. The van der Waals surface area contributed by atoms with Gasteiger partial charge in [-0.3, -0.25) is 14.2 Å². The number of amides is 2. The van der Waals surface area contributed by atoms with Crippen LogP contribution in [0, 0.1) is 23.7 Å². The molecule has 9 heteroatoms. The molecule has 1 saturated heterocycles. The number of hydrogen-bond acceptors (Lipinski definition) is 5. The number of halogens is 1. The number of nitrogens with one attached hydrogen (secondary N) is 1. The van der Waals surface area contributed by atoms with Crippen molar-refractivity contribution in [3.63, 3.8) is 0 Å². The first-order valence-corrected chi connectivity index (χ1v) is 16.2. The molecule has 3 saturated carbocycles. The van der Waals surface area contributed by atoms with Crippen LogP contribution in [-0.4, -0.2) is 52.6 Å². The Balaban J connectivity index is 1.11. The summed E-state index contributed by atoms with van der Waals surface area (Å²) < 4.78 is 20.9. The molecule has 2 aliphatic heterocycles. The van der Waals surface area contributed by atoms with Crippen LogP contribution in [0.25, 0.3) is 10.9 Å². The summed E-state index contributed by atoms with van der Waals surface area (Å²) >= 11 is 0. The van der Waals surface area contributed by atoms with Crippen LogP contribution in [-0.2, 0) is 20.1 Å². The third-order valence-electron chi connectivity index (χ3n) is 11.3. The van der Waals surface area contributed by atoms with E-state index in [1.165, 1.54) is 19.3 Å². The first kappa shape index (κ1) is 27.9. The van der Waals surface area contributed by atoms with E-state index in [0.29, 0.717) is 36.7 Å². The second-order valence-electron chi connectivity index (χ2n) is 13.6. The van der Waals surface area contributed by atoms with E-state index in [0.717, 1.165) is 62.3 Å². The number of likely N-dealkylation sites (tertiary alicyclic amines) is 1. The van der Waals surface area contributed by atoms with Gasteiger partial charge < -0.3 is 20.7 Å². The van der Waals surface area contributed by atoms with Crippen LogP contribution >= 0.6 is 0 Å². The van der Waals surface area contributed by atoms with Gasteiger partial charge in [0.1, 0.15) is 18.4 Å². The summed E-state index contributed by atoms with van der Waals surface area (Å²) in [5.41, 5.74) is 7.60. The zero-order valence-electron chi connectivity index (χ0n) is 24.4. The molecule has 3 heterocycles. The number of aromatic nitrogens is 1. The average Bonchev–Trinajstić information content (AvgIpc) is 3.69. The number of benzene rings is 1. The fraction of sp³-hybridized carbons (Fsp3) is 0.667. The molecule has 8 nitrogen and oxygen atoms in total. The molecule has 3 N–H and O–H groups in total. The van der Waals surface area contributed by atoms with Gasteiger partial charge >= 0.3 is 5.97 Å². The highest BCUT2D eigenvalue weighted by Crippen LogP contribution is 2.48. The lowest BCUT2D eigenvalue weighted by Gasteiger charge is -2.38. The van der Waals surface area contributed by atoms with Crippen LogP contribution in [0.2, 0.25) is 0 Å². The highest BCUT2D eigenvalue weighted by Gasteiger charge is 2.51. The van der Waals surface area contributed by atoms with Gasteiger partial charge in [0.25, 0.3) is 0 Å². The zero-order chi connectivity index (χ0) is 29.0. The van der Waals surface area contributed by atoms with E-state index in [-0.39, 0.29) is 35.5 Å². The molecule has 0 unspecified atom stereocenters. The maximum absolute atomic E-state index is 14.1. The van der Waals surface area contributed by atoms with Crippen LogP contribution in [0.4, 0.5) is 10.1 Å². The molecule has 3 atom stereocenters. The molecule has 5 aliphatic rings. The first-order valence-electron chi connectivity index (χ1n) is 16.2. The van der Waals surface area contributed by atoms with Gasteiger partial charge in [-0.05, 0) is 80.5 Å². The fourth-order valence-corrected chi connectivity index (χ4v) is 8.78. The van der Waals surface area contributed by atoms with Gasteiger partial charge in [-0.25, -0.2) is 9.18 Å². The molecular formula is C33H43FN4O4. The molecule has 1 aromatic heterocycles. The van der Waals surface area contributed by atoms with Crippen LogP contribution in [0.5, 0.6) is 0 Å². The summed E-state index contributed by atoms with van der Waals surface area (Å²) in [6.07, 6.45) is 12.3. The Morgan fingerprint density at radius 1 is 1.02 bits per heavy atom. The van der Waals surface area contributed by atoms with E-state index in [1.54, 1.807) is 0 Å². The standard InChI is InChI=1S/C33H43FN4O4/c34-19-26(35)21-7-9-22(10-8-21)31(40)37-16-13-25(20-5-2-1-3-6-20)29(37)30(39)36-24-11-12-27-23(17-24)18-28-32(41)42-33(38(27)28)14-4-15-33/h11-12,17-18,20-22,25-26,29H,1-10,13-16,19,35H2,(H,36,39)/t21-,22-,25-,26+,29-/m0/s1. The van der Waals surface area contributed by atoms with Crippen molar-refractivity contribution in [2.45, 2.75) is 101 Å². The maximum atomic E-state index is 14.1. The van der Waals surface area contributed by atoms with Gasteiger partial charge in [0, 0.05) is 42.4 Å². The predicted molar refractivity (Wildman–Crippen MR) is 157 cm³/mol. The number of ether oxygens (including phenoxy) is 1. The van der Waals surface area contributed by atoms with Gasteiger partial charge in [-0.2, -0.15) is 0 Å². The number of esters is 1. The number of anilines is 1. The smallest absolute Gasteiger partial charge is 0.357 e. The third-order valence-corrected chi connectivity index (χ3v) is 11.3. The van der Waals surface area contributed by atoms with Gasteiger partial charge in [-0.1, -0.05) is 32.1 Å². The number of carbonyl (C=O) groups excluding carboxylic acids is 3. The molecule has 226 valence electrons.